The number of hydrogen-bond acceptors (Lipinski definition) is 7. The predicted octanol–water partition coefficient (Wildman–Crippen LogP) is 5.16. The summed E-state index contributed by atoms with van der Waals surface area (Å²) in [6.07, 6.45) is 4.81. The van der Waals surface area contributed by atoms with E-state index in [1.54, 1.807) is 6.33 Å². The van der Waals surface area contributed by atoms with Crippen LogP contribution in [0.15, 0.2) is 54.9 Å². The monoisotopic (exact) mass is 523 g/mol. The summed E-state index contributed by atoms with van der Waals surface area (Å²) in [5, 5.41) is 19.5. The van der Waals surface area contributed by atoms with E-state index in [1.165, 1.54) is 0 Å². The quantitative estimate of drug-likeness (QED) is 0.258. The molecular formula is C30H33N7O2. The highest BCUT2D eigenvalue weighted by molar-refractivity contribution is 6.04. The van der Waals surface area contributed by atoms with Gasteiger partial charge >= 0.3 is 5.91 Å². The summed E-state index contributed by atoms with van der Waals surface area (Å²) in [5.74, 6) is 6.23. The molecule has 1 amide bonds. The molecule has 0 saturated heterocycles. The third kappa shape index (κ3) is 6.54. The average Bonchev–Trinajstić information content (AvgIpc) is 3.35. The van der Waals surface area contributed by atoms with Crippen molar-refractivity contribution in [3.63, 3.8) is 0 Å². The minimum Gasteiger partial charge on any atom is -0.393 e. The van der Waals surface area contributed by atoms with E-state index in [0.29, 0.717) is 23.0 Å². The fraction of sp³-hybridized carbons (Fsp3) is 0.333. The first-order valence-corrected chi connectivity index (χ1v) is 13.3. The molecule has 9 heteroatoms. The summed E-state index contributed by atoms with van der Waals surface area (Å²) < 4.78 is 2.02. The molecule has 1 saturated carbocycles. The first kappa shape index (κ1) is 26.2. The molecule has 2 aromatic carbocycles. The Kier molecular flexibility index (Phi) is 7.75. The molecule has 4 N–H and O–H groups in total. The van der Waals surface area contributed by atoms with E-state index in [-0.39, 0.29) is 18.2 Å². The van der Waals surface area contributed by atoms with Gasteiger partial charge in [-0.3, -0.25) is 4.79 Å². The number of aliphatic hydroxyl groups excluding tert-OH is 1. The molecule has 2 aromatic heterocycles. The Hall–Kier alpha value is -4.42. The number of carbonyl (C=O) groups is 1. The Bertz CT molecular complexity index is 1520. The predicted molar refractivity (Wildman–Crippen MR) is 154 cm³/mol. The standard InChI is InChI=1S/C30H33N7O2/c1-19(2)37-18-31-27-28(35-30(36-29(27)37)34-22-12-14-25(38)15-13-22)33-24-6-4-5-23(17-24)32-26(39)16-11-21-9-7-20(3)8-10-21/h4-10,17-19,22,25,38H,12-15H2,1-3H3,(H,32,39)(H2,33,34,35,36). The maximum atomic E-state index is 12.5. The fourth-order valence-corrected chi connectivity index (χ4v) is 4.59. The third-order valence-electron chi connectivity index (χ3n) is 6.76. The molecule has 39 heavy (non-hydrogen) atoms. The molecule has 0 radical (unpaired) electrons. The lowest BCUT2D eigenvalue weighted by Crippen LogP contribution is -2.29. The number of imidazole rings is 1. The Labute approximate surface area is 228 Å². The van der Waals surface area contributed by atoms with Crippen molar-refractivity contribution in [3.8, 4) is 11.8 Å². The van der Waals surface area contributed by atoms with Crippen molar-refractivity contribution in [3.05, 3.63) is 66.0 Å². The van der Waals surface area contributed by atoms with Crippen LogP contribution in [-0.4, -0.2) is 42.7 Å². The summed E-state index contributed by atoms with van der Waals surface area (Å²) in [5.41, 5.74) is 4.67. The van der Waals surface area contributed by atoms with Gasteiger partial charge in [-0.1, -0.05) is 29.7 Å². The molecule has 200 valence electrons. The smallest absolute Gasteiger partial charge is 0.300 e. The normalized spacial score (nSPS) is 16.9. The Morgan fingerprint density at radius 1 is 1.05 bits per heavy atom. The Morgan fingerprint density at radius 3 is 2.54 bits per heavy atom. The lowest BCUT2D eigenvalue weighted by Gasteiger charge is -2.26. The number of aromatic nitrogens is 4. The fourth-order valence-electron chi connectivity index (χ4n) is 4.59. The topological polar surface area (TPSA) is 117 Å². The summed E-state index contributed by atoms with van der Waals surface area (Å²) in [6, 6.07) is 15.5. The first-order valence-electron chi connectivity index (χ1n) is 13.3. The number of carbonyl (C=O) groups excluding carboxylic acids is 1. The van der Waals surface area contributed by atoms with Gasteiger partial charge in [-0.15, -0.1) is 0 Å². The van der Waals surface area contributed by atoms with E-state index in [0.717, 1.165) is 48.1 Å². The zero-order valence-electron chi connectivity index (χ0n) is 22.4. The number of anilines is 4. The van der Waals surface area contributed by atoms with Crippen molar-refractivity contribution in [2.24, 2.45) is 0 Å². The van der Waals surface area contributed by atoms with E-state index in [9.17, 15) is 9.90 Å². The van der Waals surface area contributed by atoms with Gasteiger partial charge in [0.05, 0.1) is 12.4 Å². The summed E-state index contributed by atoms with van der Waals surface area (Å²) in [7, 11) is 0. The van der Waals surface area contributed by atoms with Crippen LogP contribution in [0.4, 0.5) is 23.1 Å². The number of hydrogen-bond donors (Lipinski definition) is 4. The van der Waals surface area contributed by atoms with Crippen molar-refractivity contribution >= 4 is 40.2 Å². The van der Waals surface area contributed by atoms with Crippen LogP contribution in [0.1, 0.15) is 56.7 Å². The number of aliphatic hydroxyl groups is 1. The number of amides is 1. The van der Waals surface area contributed by atoms with Crippen LogP contribution >= 0.6 is 0 Å². The average molecular weight is 524 g/mol. The number of fused-ring (bicyclic) bond motifs is 1. The molecule has 0 aliphatic heterocycles. The lowest BCUT2D eigenvalue weighted by atomic mass is 9.93. The second-order valence-electron chi connectivity index (χ2n) is 10.2. The van der Waals surface area contributed by atoms with Crippen LogP contribution in [0.25, 0.3) is 11.2 Å². The largest absolute Gasteiger partial charge is 0.393 e. The molecule has 0 bridgehead atoms. The van der Waals surface area contributed by atoms with Crippen molar-refractivity contribution in [2.45, 2.75) is 64.6 Å². The van der Waals surface area contributed by atoms with E-state index >= 15 is 0 Å². The number of nitrogens with zero attached hydrogens (tertiary/aromatic N) is 4. The number of rotatable bonds is 6. The molecule has 5 rings (SSSR count). The van der Waals surface area contributed by atoms with E-state index < -0.39 is 5.91 Å². The van der Waals surface area contributed by atoms with Gasteiger partial charge < -0.3 is 25.6 Å². The van der Waals surface area contributed by atoms with Gasteiger partial charge in [-0.25, -0.2) is 4.98 Å². The van der Waals surface area contributed by atoms with Crippen LogP contribution in [0.5, 0.6) is 0 Å². The first-order chi connectivity index (χ1) is 18.8. The van der Waals surface area contributed by atoms with Crippen molar-refractivity contribution in [1.82, 2.24) is 19.5 Å². The highest BCUT2D eigenvalue weighted by Crippen LogP contribution is 2.28. The Morgan fingerprint density at radius 2 is 1.79 bits per heavy atom. The zero-order chi connectivity index (χ0) is 27.4. The van der Waals surface area contributed by atoms with Gasteiger partial charge in [0.2, 0.25) is 5.95 Å². The molecule has 0 atom stereocenters. The second kappa shape index (κ2) is 11.5. The molecular weight excluding hydrogens is 490 g/mol. The van der Waals surface area contributed by atoms with Crippen LogP contribution in [0.3, 0.4) is 0 Å². The van der Waals surface area contributed by atoms with Gasteiger partial charge in [0, 0.05) is 34.9 Å². The van der Waals surface area contributed by atoms with Gasteiger partial charge in [-0.2, -0.15) is 9.97 Å². The van der Waals surface area contributed by atoms with Crippen LogP contribution in [0, 0.1) is 18.8 Å². The van der Waals surface area contributed by atoms with Gasteiger partial charge in [0.1, 0.15) is 0 Å². The molecule has 1 aliphatic rings. The van der Waals surface area contributed by atoms with Crippen LogP contribution < -0.4 is 16.0 Å². The van der Waals surface area contributed by atoms with E-state index in [1.807, 2.05) is 60.0 Å². The maximum Gasteiger partial charge on any atom is 0.300 e. The highest BCUT2D eigenvalue weighted by atomic mass is 16.3. The lowest BCUT2D eigenvalue weighted by molar-refractivity contribution is -0.111. The van der Waals surface area contributed by atoms with E-state index in [4.69, 9.17) is 9.97 Å². The number of benzene rings is 2. The molecule has 1 aliphatic carbocycles. The second-order valence-corrected chi connectivity index (χ2v) is 10.2. The summed E-state index contributed by atoms with van der Waals surface area (Å²) >= 11 is 0. The van der Waals surface area contributed by atoms with E-state index in [2.05, 4.69) is 46.6 Å². The van der Waals surface area contributed by atoms with Gasteiger partial charge in [0.25, 0.3) is 0 Å². The summed E-state index contributed by atoms with van der Waals surface area (Å²) in [6.45, 7) is 6.17. The van der Waals surface area contributed by atoms with Crippen LogP contribution in [-0.2, 0) is 4.79 Å². The highest BCUT2D eigenvalue weighted by Gasteiger charge is 2.22. The Balaban J connectivity index is 1.36. The molecule has 0 unspecified atom stereocenters. The van der Waals surface area contributed by atoms with Crippen molar-refractivity contribution in [2.75, 3.05) is 16.0 Å². The van der Waals surface area contributed by atoms with Crippen molar-refractivity contribution < 1.29 is 9.90 Å². The SMILES string of the molecule is Cc1ccc(C#CC(=O)Nc2cccc(Nc3nc(NC4CCC(O)CC4)nc4c3ncn4C(C)C)c2)cc1. The van der Waals surface area contributed by atoms with Gasteiger partial charge in [0.15, 0.2) is 17.0 Å². The number of nitrogens with one attached hydrogen (secondary N) is 3. The zero-order valence-corrected chi connectivity index (χ0v) is 22.4. The van der Waals surface area contributed by atoms with Crippen molar-refractivity contribution in [1.29, 1.82) is 0 Å². The molecule has 4 aromatic rings. The minimum absolute atomic E-state index is 0.176. The molecule has 9 nitrogen and oxygen atoms in total. The van der Waals surface area contributed by atoms with Gasteiger partial charge in [-0.05, 0) is 76.8 Å². The maximum absolute atomic E-state index is 12.5. The summed E-state index contributed by atoms with van der Waals surface area (Å²) in [4.78, 5) is 26.6. The molecule has 0 spiro atoms. The molecule has 2 heterocycles. The minimum atomic E-state index is -0.392. The van der Waals surface area contributed by atoms with Crippen LogP contribution in [0.2, 0.25) is 0 Å². The third-order valence-corrected chi connectivity index (χ3v) is 6.76. The molecule has 1 fully saturated rings. The number of aryl methyl sites for hydroxylation is 1.